The van der Waals surface area contributed by atoms with E-state index in [1.54, 1.807) is 7.11 Å². The maximum absolute atomic E-state index is 5.92. The third-order valence-corrected chi connectivity index (χ3v) is 3.77. The first-order valence-corrected chi connectivity index (χ1v) is 6.57. The molecule has 0 atom stereocenters. The molecular formula is C14H22ClNO2. The van der Waals surface area contributed by atoms with E-state index in [1.807, 2.05) is 24.3 Å². The van der Waals surface area contributed by atoms with E-state index in [0.717, 1.165) is 18.0 Å². The van der Waals surface area contributed by atoms with Crippen LogP contribution in [-0.2, 0) is 0 Å². The molecule has 0 saturated carbocycles. The lowest BCUT2D eigenvalue weighted by Crippen LogP contribution is -2.44. The normalized spacial score (nSPS) is 11.7. The lowest BCUT2D eigenvalue weighted by Gasteiger charge is -2.33. The van der Waals surface area contributed by atoms with Crippen LogP contribution in [0.4, 0.5) is 0 Å². The number of benzene rings is 1. The summed E-state index contributed by atoms with van der Waals surface area (Å²) in [4.78, 5) is 2.20. The van der Waals surface area contributed by atoms with Gasteiger partial charge in [-0.15, -0.1) is 11.6 Å². The zero-order valence-electron chi connectivity index (χ0n) is 11.6. The van der Waals surface area contributed by atoms with Crippen LogP contribution in [0.1, 0.15) is 13.8 Å². The summed E-state index contributed by atoms with van der Waals surface area (Å²) < 4.78 is 10.8. The second-order valence-electron chi connectivity index (χ2n) is 4.89. The van der Waals surface area contributed by atoms with E-state index in [9.17, 15) is 0 Å². The van der Waals surface area contributed by atoms with Crippen LogP contribution in [0.2, 0.25) is 0 Å². The van der Waals surface area contributed by atoms with Crippen molar-refractivity contribution in [1.82, 2.24) is 4.90 Å². The lowest BCUT2D eigenvalue weighted by molar-refractivity contribution is 0.147. The highest BCUT2D eigenvalue weighted by molar-refractivity contribution is 6.18. The summed E-state index contributed by atoms with van der Waals surface area (Å²) >= 11 is 5.92. The third-order valence-electron chi connectivity index (χ3n) is 3.12. The van der Waals surface area contributed by atoms with Crippen molar-refractivity contribution >= 4 is 11.6 Å². The highest BCUT2D eigenvalue weighted by Crippen LogP contribution is 2.17. The molecule has 0 spiro atoms. The van der Waals surface area contributed by atoms with Gasteiger partial charge in [0.15, 0.2) is 0 Å². The molecule has 102 valence electrons. The Morgan fingerprint density at radius 3 is 2.22 bits per heavy atom. The molecule has 0 aliphatic rings. The Balaban J connectivity index is 2.37. The number of halogens is 1. The van der Waals surface area contributed by atoms with Gasteiger partial charge in [0.2, 0.25) is 0 Å². The Morgan fingerprint density at radius 2 is 1.72 bits per heavy atom. The maximum atomic E-state index is 5.92. The number of alkyl halides is 1. The van der Waals surface area contributed by atoms with Gasteiger partial charge in [0.05, 0.1) is 7.11 Å². The molecule has 18 heavy (non-hydrogen) atoms. The Kier molecular flexibility index (Phi) is 5.76. The van der Waals surface area contributed by atoms with E-state index >= 15 is 0 Å². The monoisotopic (exact) mass is 271 g/mol. The van der Waals surface area contributed by atoms with E-state index in [-0.39, 0.29) is 5.54 Å². The molecule has 0 amide bonds. The Bertz CT molecular complexity index is 351. The van der Waals surface area contributed by atoms with Gasteiger partial charge in [-0.2, -0.15) is 0 Å². The predicted octanol–water partition coefficient (Wildman–Crippen LogP) is 3.02. The molecule has 0 N–H and O–H groups in total. The number of ether oxygens (including phenoxy) is 2. The van der Waals surface area contributed by atoms with Gasteiger partial charge in [0.1, 0.15) is 18.1 Å². The molecule has 1 rings (SSSR count). The van der Waals surface area contributed by atoms with Crippen molar-refractivity contribution in [2.75, 3.05) is 33.2 Å². The van der Waals surface area contributed by atoms with Crippen molar-refractivity contribution in [3.05, 3.63) is 24.3 Å². The average molecular weight is 272 g/mol. The van der Waals surface area contributed by atoms with E-state index in [0.29, 0.717) is 12.5 Å². The number of hydrogen-bond donors (Lipinski definition) is 0. The van der Waals surface area contributed by atoms with Crippen LogP contribution in [-0.4, -0.2) is 43.6 Å². The third kappa shape index (κ3) is 4.39. The Labute approximate surface area is 115 Å². The molecule has 0 heterocycles. The number of methoxy groups -OCH3 is 1. The van der Waals surface area contributed by atoms with Crippen molar-refractivity contribution in [3.8, 4) is 11.5 Å². The predicted molar refractivity (Wildman–Crippen MR) is 75.9 cm³/mol. The fourth-order valence-electron chi connectivity index (χ4n) is 1.38. The van der Waals surface area contributed by atoms with Crippen LogP contribution in [0.3, 0.4) is 0 Å². The van der Waals surface area contributed by atoms with Crippen LogP contribution in [0, 0.1) is 0 Å². The summed E-state index contributed by atoms with van der Waals surface area (Å²) in [6.45, 7) is 5.72. The second-order valence-corrected chi connectivity index (χ2v) is 5.16. The van der Waals surface area contributed by atoms with Crippen molar-refractivity contribution in [1.29, 1.82) is 0 Å². The maximum Gasteiger partial charge on any atom is 0.119 e. The van der Waals surface area contributed by atoms with Crippen LogP contribution < -0.4 is 9.47 Å². The molecule has 3 nitrogen and oxygen atoms in total. The quantitative estimate of drug-likeness (QED) is 0.712. The highest BCUT2D eigenvalue weighted by Gasteiger charge is 2.21. The molecular weight excluding hydrogens is 250 g/mol. The first-order chi connectivity index (χ1) is 8.49. The smallest absolute Gasteiger partial charge is 0.119 e. The van der Waals surface area contributed by atoms with Crippen molar-refractivity contribution in [3.63, 3.8) is 0 Å². The summed E-state index contributed by atoms with van der Waals surface area (Å²) in [7, 11) is 3.71. The van der Waals surface area contributed by atoms with E-state index in [1.165, 1.54) is 0 Å². The Hall–Kier alpha value is -0.930. The molecule has 0 aliphatic heterocycles. The van der Waals surface area contributed by atoms with Gasteiger partial charge in [-0.25, -0.2) is 0 Å². The van der Waals surface area contributed by atoms with Gasteiger partial charge >= 0.3 is 0 Å². The fraction of sp³-hybridized carbons (Fsp3) is 0.571. The minimum atomic E-state index is -0.00910. The standard InChI is InChI=1S/C14H22ClNO2/c1-14(2,11-15)16(3)9-10-18-13-7-5-12(17-4)6-8-13/h5-8H,9-11H2,1-4H3. The minimum Gasteiger partial charge on any atom is -0.497 e. The molecule has 0 radical (unpaired) electrons. The highest BCUT2D eigenvalue weighted by atomic mass is 35.5. The summed E-state index contributed by atoms with van der Waals surface area (Å²) in [5.74, 6) is 2.29. The molecule has 1 aromatic carbocycles. The van der Waals surface area contributed by atoms with Crippen molar-refractivity contribution in [2.45, 2.75) is 19.4 Å². The number of likely N-dealkylation sites (N-methyl/N-ethyl adjacent to an activating group) is 1. The van der Waals surface area contributed by atoms with E-state index < -0.39 is 0 Å². The number of hydrogen-bond acceptors (Lipinski definition) is 3. The SMILES string of the molecule is COc1ccc(OCCN(C)C(C)(C)CCl)cc1. The number of nitrogens with zero attached hydrogens (tertiary/aromatic N) is 1. The van der Waals surface area contributed by atoms with Gasteiger partial charge in [0, 0.05) is 18.0 Å². The zero-order chi connectivity index (χ0) is 13.6. The lowest BCUT2D eigenvalue weighted by atomic mass is 10.1. The molecule has 1 aromatic rings. The molecule has 0 aliphatic carbocycles. The zero-order valence-corrected chi connectivity index (χ0v) is 12.3. The first-order valence-electron chi connectivity index (χ1n) is 6.03. The molecule has 4 heteroatoms. The largest absolute Gasteiger partial charge is 0.497 e. The van der Waals surface area contributed by atoms with Crippen LogP contribution >= 0.6 is 11.6 Å². The van der Waals surface area contributed by atoms with Crippen molar-refractivity contribution < 1.29 is 9.47 Å². The van der Waals surface area contributed by atoms with Gasteiger partial charge < -0.3 is 9.47 Å². The topological polar surface area (TPSA) is 21.7 Å². The molecule has 0 aromatic heterocycles. The molecule has 0 bridgehead atoms. The fourth-order valence-corrected chi connectivity index (χ4v) is 1.58. The van der Waals surface area contributed by atoms with Gasteiger partial charge in [-0.05, 0) is 45.2 Å². The molecule has 0 unspecified atom stereocenters. The van der Waals surface area contributed by atoms with E-state index in [4.69, 9.17) is 21.1 Å². The van der Waals surface area contributed by atoms with Gasteiger partial charge in [0.25, 0.3) is 0 Å². The summed E-state index contributed by atoms with van der Waals surface area (Å²) in [6.07, 6.45) is 0. The summed E-state index contributed by atoms with van der Waals surface area (Å²) in [6, 6.07) is 7.60. The molecule has 0 fully saturated rings. The van der Waals surface area contributed by atoms with Crippen molar-refractivity contribution in [2.24, 2.45) is 0 Å². The molecule has 0 saturated heterocycles. The summed E-state index contributed by atoms with van der Waals surface area (Å²) in [5, 5.41) is 0. The van der Waals surface area contributed by atoms with Crippen LogP contribution in [0.25, 0.3) is 0 Å². The van der Waals surface area contributed by atoms with E-state index in [2.05, 4.69) is 25.8 Å². The average Bonchev–Trinajstić information content (AvgIpc) is 2.39. The number of rotatable bonds is 7. The van der Waals surface area contributed by atoms with Gasteiger partial charge in [-0.1, -0.05) is 0 Å². The second kappa shape index (κ2) is 6.86. The Morgan fingerprint density at radius 1 is 1.17 bits per heavy atom. The van der Waals surface area contributed by atoms with Crippen LogP contribution in [0.15, 0.2) is 24.3 Å². The minimum absolute atomic E-state index is 0.00910. The van der Waals surface area contributed by atoms with Gasteiger partial charge in [-0.3, -0.25) is 4.90 Å². The summed E-state index contributed by atoms with van der Waals surface area (Å²) in [5.41, 5.74) is -0.00910. The first kappa shape index (κ1) is 15.1. The van der Waals surface area contributed by atoms with Crippen LogP contribution in [0.5, 0.6) is 11.5 Å².